The third-order valence-corrected chi connectivity index (χ3v) is 6.17. The van der Waals surface area contributed by atoms with E-state index in [0.717, 1.165) is 34.7 Å². The third-order valence-electron chi connectivity index (χ3n) is 6.17. The van der Waals surface area contributed by atoms with Gasteiger partial charge in [-0.25, -0.2) is 4.98 Å². The zero-order valence-electron chi connectivity index (χ0n) is 19.1. The van der Waals surface area contributed by atoms with Crippen LogP contribution < -0.4 is 0 Å². The van der Waals surface area contributed by atoms with Gasteiger partial charge in [0.25, 0.3) is 0 Å². The first-order valence-corrected chi connectivity index (χ1v) is 11.4. The molecule has 0 aliphatic carbocycles. The predicted octanol–water partition coefficient (Wildman–Crippen LogP) is 4.24. The molecule has 1 atom stereocenters. The van der Waals surface area contributed by atoms with Crippen LogP contribution in [0.15, 0.2) is 66.7 Å². The molecule has 3 heterocycles. The molecule has 6 heteroatoms. The second-order valence-electron chi connectivity index (χ2n) is 8.64. The van der Waals surface area contributed by atoms with Crippen LogP contribution in [0.25, 0.3) is 11.0 Å². The van der Waals surface area contributed by atoms with E-state index in [4.69, 9.17) is 9.72 Å². The summed E-state index contributed by atoms with van der Waals surface area (Å²) in [5.74, 6) is 0.923. The molecule has 33 heavy (non-hydrogen) atoms. The molecule has 1 unspecified atom stereocenters. The maximum absolute atomic E-state index is 13.2. The van der Waals surface area contributed by atoms with E-state index in [1.165, 1.54) is 11.1 Å². The molecule has 168 valence electrons. The van der Waals surface area contributed by atoms with Gasteiger partial charge in [0.05, 0.1) is 29.9 Å². The average molecular weight is 441 g/mol. The van der Waals surface area contributed by atoms with E-state index in [0.29, 0.717) is 19.7 Å². The summed E-state index contributed by atoms with van der Waals surface area (Å²) < 4.78 is 8.05. The minimum atomic E-state index is -0.224. The Balaban J connectivity index is 1.32. The summed E-state index contributed by atoms with van der Waals surface area (Å²) in [4.78, 5) is 24.4. The van der Waals surface area contributed by atoms with Gasteiger partial charge in [-0.2, -0.15) is 0 Å². The fourth-order valence-corrected chi connectivity index (χ4v) is 4.55. The molecule has 0 bridgehead atoms. The van der Waals surface area contributed by atoms with Crippen molar-refractivity contribution in [1.29, 1.82) is 0 Å². The number of fused-ring (bicyclic) bond motifs is 1. The maximum atomic E-state index is 13.2. The lowest BCUT2D eigenvalue weighted by atomic mass is 10.0. The molecule has 0 spiro atoms. The lowest BCUT2D eigenvalue weighted by Gasteiger charge is -2.33. The minimum absolute atomic E-state index is 0.0757. The number of ether oxygens (including phenoxy) is 1. The van der Waals surface area contributed by atoms with Crippen LogP contribution in [-0.2, 0) is 22.5 Å². The standard InChI is InChI=1S/C27H28N4O2/c1-19-14-22(15-21-8-4-3-5-9-21)16-24(28-19)26-17-30(12-13-33-26)27(32)18-31-20(2)29-23-10-6-7-11-25(23)31/h3-11,14,16,26H,12-13,15,17-18H2,1-2H3. The zero-order chi connectivity index (χ0) is 22.8. The molecule has 1 amide bonds. The van der Waals surface area contributed by atoms with Gasteiger partial charge in [0.1, 0.15) is 18.5 Å². The number of amides is 1. The number of imidazole rings is 1. The summed E-state index contributed by atoms with van der Waals surface area (Å²) in [6.45, 7) is 5.83. The molecule has 4 aromatic rings. The Kier molecular flexibility index (Phi) is 5.92. The molecule has 1 aliphatic heterocycles. The molecule has 6 nitrogen and oxygen atoms in total. The minimum Gasteiger partial charge on any atom is -0.368 e. The van der Waals surface area contributed by atoms with Crippen molar-refractivity contribution in [3.63, 3.8) is 0 Å². The number of para-hydroxylation sites is 2. The highest BCUT2D eigenvalue weighted by Crippen LogP contribution is 2.24. The highest BCUT2D eigenvalue weighted by molar-refractivity contribution is 5.81. The number of hydrogen-bond donors (Lipinski definition) is 0. The van der Waals surface area contributed by atoms with Gasteiger partial charge in [0.2, 0.25) is 5.91 Å². The topological polar surface area (TPSA) is 60.2 Å². The van der Waals surface area contributed by atoms with Crippen LogP contribution in [0.5, 0.6) is 0 Å². The van der Waals surface area contributed by atoms with Crippen LogP contribution >= 0.6 is 0 Å². The lowest BCUT2D eigenvalue weighted by molar-refractivity contribution is -0.139. The zero-order valence-corrected chi connectivity index (χ0v) is 19.1. The van der Waals surface area contributed by atoms with E-state index < -0.39 is 0 Å². The van der Waals surface area contributed by atoms with Crippen LogP contribution in [0, 0.1) is 13.8 Å². The van der Waals surface area contributed by atoms with Crippen molar-refractivity contribution in [2.75, 3.05) is 19.7 Å². The molecular formula is C27H28N4O2. The Morgan fingerprint density at radius 1 is 1.00 bits per heavy atom. The van der Waals surface area contributed by atoms with E-state index in [1.54, 1.807) is 0 Å². The number of aromatic nitrogens is 3. The Morgan fingerprint density at radius 3 is 2.64 bits per heavy atom. The number of rotatable bonds is 5. The van der Waals surface area contributed by atoms with Gasteiger partial charge in [-0.3, -0.25) is 9.78 Å². The SMILES string of the molecule is Cc1cc(Cc2ccccc2)cc(C2CN(C(=O)Cn3c(C)nc4ccccc43)CCO2)n1. The van der Waals surface area contributed by atoms with E-state index in [9.17, 15) is 4.79 Å². The van der Waals surface area contributed by atoms with Crippen molar-refractivity contribution >= 4 is 16.9 Å². The second kappa shape index (κ2) is 9.16. The first-order valence-electron chi connectivity index (χ1n) is 11.4. The van der Waals surface area contributed by atoms with Crippen molar-refractivity contribution in [3.8, 4) is 0 Å². The fraction of sp³-hybridized carbons (Fsp3) is 0.296. The third kappa shape index (κ3) is 4.66. The molecule has 5 rings (SSSR count). The van der Waals surface area contributed by atoms with Crippen LogP contribution in [0.4, 0.5) is 0 Å². The van der Waals surface area contributed by atoms with Crippen molar-refractivity contribution in [2.24, 2.45) is 0 Å². The number of pyridine rings is 1. The Bertz CT molecular complexity index is 1280. The Morgan fingerprint density at radius 2 is 1.79 bits per heavy atom. The van der Waals surface area contributed by atoms with Crippen LogP contribution in [-0.4, -0.2) is 45.0 Å². The molecule has 1 fully saturated rings. The van der Waals surface area contributed by atoms with Crippen molar-refractivity contribution < 1.29 is 9.53 Å². The normalized spacial score (nSPS) is 16.3. The number of benzene rings is 2. The van der Waals surface area contributed by atoms with Gasteiger partial charge in [0.15, 0.2) is 0 Å². The summed E-state index contributed by atoms with van der Waals surface area (Å²) in [6, 6.07) is 22.6. The summed E-state index contributed by atoms with van der Waals surface area (Å²) >= 11 is 0. The highest BCUT2D eigenvalue weighted by Gasteiger charge is 2.27. The molecule has 2 aromatic heterocycles. The second-order valence-corrected chi connectivity index (χ2v) is 8.64. The summed E-state index contributed by atoms with van der Waals surface area (Å²) in [7, 11) is 0. The summed E-state index contributed by atoms with van der Waals surface area (Å²) in [5, 5.41) is 0. The van der Waals surface area contributed by atoms with E-state index in [-0.39, 0.29) is 18.6 Å². The van der Waals surface area contributed by atoms with Gasteiger partial charge in [-0.05, 0) is 55.7 Å². The number of carbonyl (C=O) groups is 1. The fourth-order valence-electron chi connectivity index (χ4n) is 4.55. The highest BCUT2D eigenvalue weighted by atomic mass is 16.5. The van der Waals surface area contributed by atoms with Crippen LogP contribution in [0.1, 0.15) is 34.4 Å². The van der Waals surface area contributed by atoms with Gasteiger partial charge >= 0.3 is 0 Å². The van der Waals surface area contributed by atoms with Crippen LogP contribution in [0.3, 0.4) is 0 Å². The molecule has 2 aromatic carbocycles. The van der Waals surface area contributed by atoms with Gasteiger partial charge in [0, 0.05) is 12.2 Å². The molecular weight excluding hydrogens is 412 g/mol. The van der Waals surface area contributed by atoms with E-state index >= 15 is 0 Å². The van der Waals surface area contributed by atoms with Crippen molar-refractivity contribution in [1.82, 2.24) is 19.4 Å². The Labute approximate surface area is 193 Å². The van der Waals surface area contributed by atoms with Crippen molar-refractivity contribution in [3.05, 3.63) is 95.1 Å². The molecule has 0 radical (unpaired) electrons. The van der Waals surface area contributed by atoms with E-state index in [2.05, 4.69) is 41.4 Å². The largest absolute Gasteiger partial charge is 0.368 e. The number of carbonyl (C=O) groups excluding carboxylic acids is 1. The first-order chi connectivity index (χ1) is 16.1. The first kappa shape index (κ1) is 21.3. The predicted molar refractivity (Wildman–Crippen MR) is 128 cm³/mol. The summed E-state index contributed by atoms with van der Waals surface area (Å²) in [6.07, 6.45) is 0.622. The van der Waals surface area contributed by atoms with E-state index in [1.807, 2.05) is 53.6 Å². The van der Waals surface area contributed by atoms with Gasteiger partial charge < -0.3 is 14.2 Å². The molecule has 0 saturated carbocycles. The number of nitrogens with zero attached hydrogens (tertiary/aromatic N) is 4. The quantitative estimate of drug-likeness (QED) is 0.466. The maximum Gasteiger partial charge on any atom is 0.242 e. The van der Waals surface area contributed by atoms with Gasteiger partial charge in [-0.15, -0.1) is 0 Å². The summed E-state index contributed by atoms with van der Waals surface area (Å²) in [5.41, 5.74) is 6.22. The Hall–Kier alpha value is -3.51. The number of aryl methyl sites for hydroxylation is 2. The smallest absolute Gasteiger partial charge is 0.242 e. The van der Waals surface area contributed by atoms with Crippen molar-refractivity contribution in [2.45, 2.75) is 32.9 Å². The number of hydrogen-bond acceptors (Lipinski definition) is 4. The molecule has 0 N–H and O–H groups in total. The average Bonchev–Trinajstić information content (AvgIpc) is 3.14. The number of morpholine rings is 1. The molecule has 1 aliphatic rings. The van der Waals surface area contributed by atoms with Crippen LogP contribution in [0.2, 0.25) is 0 Å². The monoisotopic (exact) mass is 440 g/mol. The van der Waals surface area contributed by atoms with Gasteiger partial charge in [-0.1, -0.05) is 42.5 Å². The lowest BCUT2D eigenvalue weighted by Crippen LogP contribution is -2.44. The molecule has 1 saturated heterocycles.